The smallest absolute Gasteiger partial charge is 0.0742 e. The Labute approximate surface area is 98.0 Å². The Morgan fingerprint density at radius 2 is 2.00 bits per heavy atom. The average molecular weight is 246 g/mol. The minimum absolute atomic E-state index is 0. The Hall–Kier alpha value is -0.350. The van der Waals surface area contributed by atoms with Gasteiger partial charge < -0.3 is 5.73 Å². The molecule has 2 aromatic rings. The molecule has 0 aromatic carbocycles. The number of thiophene rings is 2. The Morgan fingerprint density at radius 1 is 1.21 bits per heavy atom. The zero-order valence-corrected chi connectivity index (χ0v) is 10.2. The van der Waals surface area contributed by atoms with Gasteiger partial charge in [-0.3, -0.25) is 0 Å². The first-order valence-corrected chi connectivity index (χ1v) is 5.88. The van der Waals surface area contributed by atoms with Gasteiger partial charge in [-0.05, 0) is 35.4 Å². The van der Waals surface area contributed by atoms with Crippen LogP contribution in [-0.2, 0) is 0 Å². The van der Waals surface area contributed by atoms with E-state index in [1.165, 1.54) is 15.3 Å². The van der Waals surface area contributed by atoms with E-state index in [9.17, 15) is 0 Å². The van der Waals surface area contributed by atoms with Crippen LogP contribution in [0.5, 0.6) is 0 Å². The zero-order chi connectivity index (χ0) is 9.26. The fraction of sp³-hybridized carbons (Fsp3) is 0.200. The van der Waals surface area contributed by atoms with Gasteiger partial charge in [-0.2, -0.15) is 0 Å². The third-order valence-corrected chi connectivity index (χ3v) is 4.09. The molecule has 0 bridgehead atoms. The molecule has 0 aliphatic rings. The number of hydrogen-bond donors (Lipinski definition) is 1. The van der Waals surface area contributed by atoms with Crippen molar-refractivity contribution in [3.05, 3.63) is 44.3 Å². The van der Waals surface area contributed by atoms with Gasteiger partial charge in [0.1, 0.15) is 0 Å². The van der Waals surface area contributed by atoms with Crippen LogP contribution in [0.15, 0.2) is 29.0 Å². The molecule has 1 atom stereocenters. The highest BCUT2D eigenvalue weighted by Gasteiger charge is 2.12. The van der Waals surface area contributed by atoms with Crippen LogP contribution in [0.25, 0.3) is 0 Å². The number of aryl methyl sites for hydroxylation is 1. The van der Waals surface area contributed by atoms with Gasteiger partial charge in [0.2, 0.25) is 0 Å². The molecule has 1 nitrogen and oxygen atoms in total. The van der Waals surface area contributed by atoms with Crippen LogP contribution >= 0.6 is 35.1 Å². The van der Waals surface area contributed by atoms with Crippen molar-refractivity contribution in [2.45, 2.75) is 13.0 Å². The Kier molecular flexibility index (Phi) is 4.13. The third-order valence-electron chi connectivity index (χ3n) is 2.03. The number of hydrogen-bond acceptors (Lipinski definition) is 3. The summed E-state index contributed by atoms with van der Waals surface area (Å²) in [5.74, 6) is 0. The van der Waals surface area contributed by atoms with Gasteiger partial charge in [0.05, 0.1) is 6.04 Å². The van der Waals surface area contributed by atoms with Gasteiger partial charge >= 0.3 is 0 Å². The first-order chi connectivity index (χ1) is 6.29. The van der Waals surface area contributed by atoms with Gasteiger partial charge in [-0.15, -0.1) is 35.1 Å². The maximum absolute atomic E-state index is 6.13. The van der Waals surface area contributed by atoms with Crippen molar-refractivity contribution in [1.82, 2.24) is 0 Å². The van der Waals surface area contributed by atoms with Gasteiger partial charge in [0.15, 0.2) is 0 Å². The molecule has 0 spiro atoms. The van der Waals surface area contributed by atoms with Crippen LogP contribution in [0.2, 0.25) is 0 Å². The van der Waals surface area contributed by atoms with E-state index in [0.717, 1.165) is 0 Å². The lowest BCUT2D eigenvalue weighted by Gasteiger charge is -2.07. The van der Waals surface area contributed by atoms with Crippen LogP contribution in [-0.4, -0.2) is 0 Å². The summed E-state index contributed by atoms with van der Waals surface area (Å²) < 4.78 is 0. The van der Waals surface area contributed by atoms with Crippen molar-refractivity contribution in [3.8, 4) is 0 Å². The van der Waals surface area contributed by atoms with E-state index in [2.05, 4.69) is 29.8 Å². The Balaban J connectivity index is 0.000000980. The third kappa shape index (κ3) is 2.17. The number of halogens is 1. The SMILES string of the molecule is Cc1ccsc1[C@@H](N)c1cccs1.Cl. The Bertz CT molecular complexity index is 380. The largest absolute Gasteiger partial charge is 0.319 e. The van der Waals surface area contributed by atoms with E-state index < -0.39 is 0 Å². The predicted octanol–water partition coefficient (Wildman–Crippen LogP) is 3.59. The topological polar surface area (TPSA) is 26.0 Å². The summed E-state index contributed by atoms with van der Waals surface area (Å²) in [6.45, 7) is 2.11. The van der Waals surface area contributed by atoms with Crippen molar-refractivity contribution >= 4 is 35.1 Å². The lowest BCUT2D eigenvalue weighted by atomic mass is 10.1. The first-order valence-electron chi connectivity index (χ1n) is 4.12. The van der Waals surface area contributed by atoms with E-state index in [-0.39, 0.29) is 18.4 Å². The van der Waals surface area contributed by atoms with Crippen LogP contribution in [0.4, 0.5) is 0 Å². The minimum Gasteiger partial charge on any atom is -0.319 e. The lowest BCUT2D eigenvalue weighted by Crippen LogP contribution is -2.09. The van der Waals surface area contributed by atoms with E-state index in [1.807, 2.05) is 6.07 Å². The molecule has 0 amide bonds. The molecule has 4 heteroatoms. The molecule has 2 aromatic heterocycles. The summed E-state index contributed by atoms with van der Waals surface area (Å²) in [5, 5.41) is 4.16. The molecule has 0 saturated heterocycles. The maximum atomic E-state index is 6.13. The molecule has 0 unspecified atom stereocenters. The average Bonchev–Trinajstić information content (AvgIpc) is 2.72. The van der Waals surface area contributed by atoms with Crippen molar-refractivity contribution in [3.63, 3.8) is 0 Å². The molecule has 76 valence electrons. The molecule has 0 aliphatic carbocycles. The fourth-order valence-corrected chi connectivity index (χ4v) is 3.06. The highest BCUT2D eigenvalue weighted by atomic mass is 35.5. The predicted molar refractivity (Wildman–Crippen MR) is 66.7 cm³/mol. The van der Waals surface area contributed by atoms with Crippen molar-refractivity contribution in [2.75, 3.05) is 0 Å². The highest BCUT2D eigenvalue weighted by molar-refractivity contribution is 7.11. The standard InChI is InChI=1S/C10H11NS2.ClH/c1-7-4-6-13-10(7)9(11)8-3-2-5-12-8;/h2-6,9H,11H2,1H3;1H/t9-;/m0./s1. The van der Waals surface area contributed by atoms with Crippen LogP contribution in [0, 0.1) is 6.92 Å². The van der Waals surface area contributed by atoms with E-state index >= 15 is 0 Å². The number of nitrogens with two attached hydrogens (primary N) is 1. The van der Waals surface area contributed by atoms with E-state index in [0.29, 0.717) is 0 Å². The second-order valence-electron chi connectivity index (χ2n) is 2.96. The minimum atomic E-state index is 0. The monoisotopic (exact) mass is 245 g/mol. The fourth-order valence-electron chi connectivity index (χ4n) is 1.30. The van der Waals surface area contributed by atoms with Gasteiger partial charge in [-0.1, -0.05) is 6.07 Å². The lowest BCUT2D eigenvalue weighted by molar-refractivity contribution is 0.908. The summed E-state index contributed by atoms with van der Waals surface area (Å²) in [7, 11) is 0. The van der Waals surface area contributed by atoms with Crippen LogP contribution in [0.1, 0.15) is 21.4 Å². The van der Waals surface area contributed by atoms with Gasteiger partial charge in [-0.25, -0.2) is 0 Å². The maximum Gasteiger partial charge on any atom is 0.0742 e. The molecule has 14 heavy (non-hydrogen) atoms. The van der Waals surface area contributed by atoms with Crippen molar-refractivity contribution < 1.29 is 0 Å². The normalized spacial score (nSPS) is 12.1. The highest BCUT2D eigenvalue weighted by Crippen LogP contribution is 2.29. The summed E-state index contributed by atoms with van der Waals surface area (Å²) >= 11 is 3.46. The summed E-state index contributed by atoms with van der Waals surface area (Å²) in [6, 6.07) is 6.32. The molecular weight excluding hydrogens is 234 g/mol. The van der Waals surface area contributed by atoms with Gasteiger partial charge in [0, 0.05) is 9.75 Å². The molecule has 2 N–H and O–H groups in total. The van der Waals surface area contributed by atoms with Gasteiger partial charge in [0.25, 0.3) is 0 Å². The molecule has 0 radical (unpaired) electrons. The van der Waals surface area contributed by atoms with Crippen molar-refractivity contribution in [2.24, 2.45) is 5.73 Å². The summed E-state index contributed by atoms with van der Waals surface area (Å²) in [5.41, 5.74) is 7.42. The summed E-state index contributed by atoms with van der Waals surface area (Å²) in [6.07, 6.45) is 0. The first kappa shape index (κ1) is 11.7. The Morgan fingerprint density at radius 3 is 2.50 bits per heavy atom. The second-order valence-corrected chi connectivity index (χ2v) is 4.89. The zero-order valence-electron chi connectivity index (χ0n) is 7.77. The van der Waals surface area contributed by atoms with E-state index in [1.54, 1.807) is 22.7 Å². The molecule has 0 aliphatic heterocycles. The van der Waals surface area contributed by atoms with Crippen molar-refractivity contribution in [1.29, 1.82) is 0 Å². The quantitative estimate of drug-likeness (QED) is 0.860. The number of rotatable bonds is 2. The van der Waals surface area contributed by atoms with Crippen LogP contribution in [0.3, 0.4) is 0 Å². The molecule has 0 fully saturated rings. The molecule has 2 rings (SSSR count). The van der Waals surface area contributed by atoms with Crippen LogP contribution < -0.4 is 5.73 Å². The molecule has 0 saturated carbocycles. The molecule has 2 heterocycles. The summed E-state index contributed by atoms with van der Waals surface area (Å²) in [4.78, 5) is 2.52. The van der Waals surface area contributed by atoms with E-state index in [4.69, 9.17) is 5.73 Å². The second kappa shape index (κ2) is 4.94. The molecular formula is C10H12ClNS2.